The lowest BCUT2D eigenvalue weighted by Crippen LogP contribution is -2.38. The molecule has 5 rings (SSSR count). The van der Waals surface area contributed by atoms with Gasteiger partial charge < -0.3 is 14.7 Å². The van der Waals surface area contributed by atoms with Crippen molar-refractivity contribution in [1.29, 1.82) is 0 Å². The van der Waals surface area contributed by atoms with Crippen molar-refractivity contribution < 1.29 is 9.84 Å². The van der Waals surface area contributed by atoms with Crippen LogP contribution in [0.15, 0.2) is 71.7 Å². The number of fused-ring (bicyclic) bond motifs is 1. The highest BCUT2D eigenvalue weighted by atomic mass is 16.5. The number of aromatic hydroxyl groups is 1. The molecular weight excluding hydrogens is 404 g/mol. The first-order valence-corrected chi connectivity index (χ1v) is 10.8. The highest BCUT2D eigenvalue weighted by Crippen LogP contribution is 2.29. The Labute approximate surface area is 185 Å². The van der Waals surface area contributed by atoms with Gasteiger partial charge in [-0.2, -0.15) is 0 Å². The zero-order chi connectivity index (χ0) is 21.9. The van der Waals surface area contributed by atoms with Gasteiger partial charge in [0.15, 0.2) is 0 Å². The van der Waals surface area contributed by atoms with E-state index in [4.69, 9.17) is 9.72 Å². The van der Waals surface area contributed by atoms with E-state index >= 15 is 0 Å². The van der Waals surface area contributed by atoms with Gasteiger partial charge >= 0.3 is 0 Å². The molecule has 0 aliphatic carbocycles. The molecule has 0 unspecified atom stereocenters. The normalized spacial score (nSPS) is 14.1. The van der Waals surface area contributed by atoms with Crippen LogP contribution in [0.4, 0.5) is 5.82 Å². The number of anilines is 1. The van der Waals surface area contributed by atoms with Gasteiger partial charge in [-0.1, -0.05) is 42.5 Å². The summed E-state index contributed by atoms with van der Waals surface area (Å²) in [5.74, 6) is 1.19. The fourth-order valence-corrected chi connectivity index (χ4v) is 4.12. The van der Waals surface area contributed by atoms with Gasteiger partial charge in [0.1, 0.15) is 22.8 Å². The molecule has 0 bridgehead atoms. The van der Waals surface area contributed by atoms with Crippen LogP contribution in [-0.2, 0) is 17.7 Å². The van der Waals surface area contributed by atoms with Crippen LogP contribution in [0.1, 0.15) is 5.56 Å². The van der Waals surface area contributed by atoms with E-state index in [0.717, 1.165) is 5.56 Å². The van der Waals surface area contributed by atoms with Crippen molar-refractivity contribution in [3.8, 4) is 17.1 Å². The molecule has 0 atom stereocenters. The number of benzene rings is 2. The molecule has 1 aliphatic rings. The molecule has 1 N–H and O–H groups in total. The summed E-state index contributed by atoms with van der Waals surface area (Å²) >= 11 is 0. The van der Waals surface area contributed by atoms with Gasteiger partial charge in [0, 0.05) is 25.8 Å². The number of phenolic OH excluding ortho intramolecular Hbond substituents is 1. The Bertz CT molecular complexity index is 1300. The molecule has 1 saturated heterocycles. The van der Waals surface area contributed by atoms with Crippen molar-refractivity contribution in [3.63, 3.8) is 0 Å². The number of nitrogens with zero attached hydrogens (tertiary/aromatic N) is 4. The minimum Gasteiger partial charge on any atom is -0.507 e. The molecule has 7 heteroatoms. The number of para-hydroxylation sites is 1. The van der Waals surface area contributed by atoms with Crippen LogP contribution in [0.3, 0.4) is 0 Å². The summed E-state index contributed by atoms with van der Waals surface area (Å²) in [6.45, 7) is 2.99. The first kappa shape index (κ1) is 20.2. The fourth-order valence-electron chi connectivity index (χ4n) is 4.12. The van der Waals surface area contributed by atoms with E-state index in [2.05, 4.69) is 9.88 Å². The zero-order valence-electron chi connectivity index (χ0n) is 17.6. The van der Waals surface area contributed by atoms with E-state index in [1.54, 1.807) is 35.0 Å². The Morgan fingerprint density at radius 2 is 1.72 bits per heavy atom. The number of morpholine rings is 1. The zero-order valence-corrected chi connectivity index (χ0v) is 17.6. The van der Waals surface area contributed by atoms with E-state index in [9.17, 15) is 9.90 Å². The molecule has 162 valence electrons. The van der Waals surface area contributed by atoms with E-state index in [1.807, 2.05) is 36.4 Å². The number of aromatic nitrogens is 3. The molecule has 0 saturated carbocycles. The Kier molecular flexibility index (Phi) is 5.56. The number of phenols is 1. The van der Waals surface area contributed by atoms with E-state index < -0.39 is 0 Å². The Hall–Kier alpha value is -3.71. The lowest BCUT2D eigenvalue weighted by atomic mass is 10.1. The average Bonchev–Trinajstić information content (AvgIpc) is 2.84. The van der Waals surface area contributed by atoms with Gasteiger partial charge in [-0.3, -0.25) is 9.36 Å². The average molecular weight is 428 g/mol. The summed E-state index contributed by atoms with van der Waals surface area (Å²) in [5.41, 5.74) is 2.08. The predicted molar refractivity (Wildman–Crippen MR) is 124 cm³/mol. The third-order valence-electron chi connectivity index (χ3n) is 5.77. The number of hydrogen-bond acceptors (Lipinski definition) is 6. The largest absolute Gasteiger partial charge is 0.507 e. The third-order valence-corrected chi connectivity index (χ3v) is 5.77. The van der Waals surface area contributed by atoms with Crippen LogP contribution < -0.4 is 10.5 Å². The first-order valence-electron chi connectivity index (χ1n) is 10.8. The van der Waals surface area contributed by atoms with Crippen LogP contribution in [0.25, 0.3) is 22.3 Å². The van der Waals surface area contributed by atoms with Crippen molar-refractivity contribution >= 4 is 16.7 Å². The number of aryl methyl sites for hydroxylation is 1. The summed E-state index contributed by atoms with van der Waals surface area (Å²) in [6, 6.07) is 18.8. The van der Waals surface area contributed by atoms with Crippen LogP contribution in [0.5, 0.6) is 5.75 Å². The van der Waals surface area contributed by atoms with E-state index in [1.165, 1.54) is 0 Å². The summed E-state index contributed by atoms with van der Waals surface area (Å²) in [5, 5.41) is 11.0. The molecule has 7 nitrogen and oxygen atoms in total. The highest BCUT2D eigenvalue weighted by molar-refractivity contribution is 5.90. The molecule has 0 spiro atoms. The van der Waals surface area contributed by atoms with Crippen molar-refractivity contribution in [3.05, 3.63) is 82.8 Å². The molecule has 1 aliphatic heterocycles. The molecular formula is C25H24N4O3. The Morgan fingerprint density at radius 1 is 0.969 bits per heavy atom. The summed E-state index contributed by atoms with van der Waals surface area (Å²) < 4.78 is 7.13. The first-order chi connectivity index (χ1) is 15.7. The van der Waals surface area contributed by atoms with Crippen molar-refractivity contribution in [1.82, 2.24) is 14.5 Å². The lowest BCUT2D eigenvalue weighted by molar-refractivity contribution is 0.122. The second kappa shape index (κ2) is 8.80. The maximum atomic E-state index is 13.9. The van der Waals surface area contributed by atoms with Gasteiger partial charge in [-0.15, -0.1) is 0 Å². The molecule has 1 fully saturated rings. The van der Waals surface area contributed by atoms with Crippen LogP contribution >= 0.6 is 0 Å². The molecule has 32 heavy (non-hydrogen) atoms. The molecule has 0 radical (unpaired) electrons. The number of rotatable bonds is 5. The lowest BCUT2D eigenvalue weighted by Gasteiger charge is -2.28. The van der Waals surface area contributed by atoms with Gasteiger partial charge in [0.05, 0.1) is 24.3 Å². The van der Waals surface area contributed by atoms with Gasteiger partial charge in [0.25, 0.3) is 5.56 Å². The van der Waals surface area contributed by atoms with Crippen LogP contribution in [0.2, 0.25) is 0 Å². The predicted octanol–water partition coefficient (Wildman–Crippen LogP) is 3.24. The number of pyridine rings is 1. The third kappa shape index (κ3) is 3.83. The van der Waals surface area contributed by atoms with Crippen molar-refractivity contribution in [2.75, 3.05) is 31.2 Å². The maximum Gasteiger partial charge on any atom is 0.265 e. The molecule has 2 aromatic heterocycles. The minimum absolute atomic E-state index is 0.0923. The van der Waals surface area contributed by atoms with Crippen LogP contribution in [-0.4, -0.2) is 45.9 Å². The number of ether oxygens (including phenoxy) is 1. The maximum absolute atomic E-state index is 13.9. The number of hydrogen-bond donors (Lipinski definition) is 1. The summed E-state index contributed by atoms with van der Waals surface area (Å²) in [7, 11) is 0. The van der Waals surface area contributed by atoms with E-state index in [-0.39, 0.29) is 11.3 Å². The standard InChI is InChI=1S/C25H24N4O3/c30-21-9-5-4-8-19(21)23-27-20-10-12-26-24(28-14-16-32-17-15-28)22(20)25(31)29(23)13-11-18-6-2-1-3-7-18/h1-10,12,30H,11,13-17H2. The van der Waals surface area contributed by atoms with Crippen molar-refractivity contribution in [2.45, 2.75) is 13.0 Å². The second-order valence-electron chi connectivity index (χ2n) is 7.77. The second-order valence-corrected chi connectivity index (χ2v) is 7.77. The summed E-state index contributed by atoms with van der Waals surface area (Å²) in [4.78, 5) is 25.3. The van der Waals surface area contributed by atoms with Gasteiger partial charge in [0.2, 0.25) is 0 Å². The van der Waals surface area contributed by atoms with Crippen molar-refractivity contribution in [2.24, 2.45) is 0 Å². The smallest absolute Gasteiger partial charge is 0.265 e. The SMILES string of the molecule is O=c1c2c(N3CCOCC3)nccc2nc(-c2ccccc2O)n1CCc1ccccc1. The molecule has 3 heterocycles. The topological polar surface area (TPSA) is 80.5 Å². The monoisotopic (exact) mass is 428 g/mol. The van der Waals surface area contributed by atoms with Gasteiger partial charge in [-0.25, -0.2) is 9.97 Å². The summed E-state index contributed by atoms with van der Waals surface area (Å²) in [6.07, 6.45) is 2.35. The minimum atomic E-state index is -0.154. The quantitative estimate of drug-likeness (QED) is 0.526. The Balaban J connectivity index is 1.69. The van der Waals surface area contributed by atoms with Gasteiger partial charge in [-0.05, 0) is 30.2 Å². The van der Waals surface area contributed by atoms with Crippen LogP contribution in [0, 0.1) is 0 Å². The molecule has 2 aromatic carbocycles. The van der Waals surface area contributed by atoms with E-state index in [0.29, 0.717) is 67.4 Å². The molecule has 4 aromatic rings. The molecule has 0 amide bonds. The Morgan fingerprint density at radius 3 is 2.50 bits per heavy atom. The fraction of sp³-hybridized carbons (Fsp3) is 0.240. The highest BCUT2D eigenvalue weighted by Gasteiger charge is 2.22.